The van der Waals surface area contributed by atoms with Gasteiger partial charge in [-0.25, -0.2) is 0 Å². The van der Waals surface area contributed by atoms with E-state index in [1.165, 1.54) is 44.5 Å². The second-order valence-electron chi connectivity index (χ2n) is 8.10. The summed E-state index contributed by atoms with van der Waals surface area (Å²) < 4.78 is 2.15. The molecule has 4 aromatic rings. The summed E-state index contributed by atoms with van der Waals surface area (Å²) in [5, 5.41) is 5.03. The van der Waals surface area contributed by atoms with Crippen LogP contribution in [0.1, 0.15) is 33.4 Å². The Morgan fingerprint density at radius 3 is 1.90 bits per heavy atom. The van der Waals surface area contributed by atoms with Gasteiger partial charge in [0.25, 0.3) is 0 Å². The Labute approximate surface area is 173 Å². The van der Waals surface area contributed by atoms with E-state index in [0.29, 0.717) is 0 Å². The lowest BCUT2D eigenvalue weighted by atomic mass is 10.0. The van der Waals surface area contributed by atoms with Crippen LogP contribution in [0.15, 0.2) is 66.7 Å². The number of nitrogens with zero attached hydrogens (tertiary/aromatic N) is 2. The van der Waals surface area contributed by atoms with Crippen LogP contribution in [0.3, 0.4) is 0 Å². The Morgan fingerprint density at radius 1 is 0.621 bits per heavy atom. The van der Waals surface area contributed by atoms with Gasteiger partial charge in [0.2, 0.25) is 0 Å². The molecule has 0 amide bonds. The van der Waals surface area contributed by atoms with Crippen LogP contribution in [0.5, 0.6) is 0 Å². The molecule has 0 N–H and O–H groups in total. The maximum atomic E-state index is 5.03. The molecule has 2 heteroatoms. The molecule has 4 rings (SSSR count). The first-order chi connectivity index (χ1) is 13.9. The molecule has 0 saturated carbocycles. The molecule has 0 atom stereocenters. The molecule has 3 aromatic carbocycles. The molecule has 0 fully saturated rings. The molecule has 0 aliphatic heterocycles. The average Bonchev–Trinajstić information content (AvgIpc) is 3.12. The van der Waals surface area contributed by atoms with Crippen LogP contribution in [0, 0.1) is 34.6 Å². The topological polar surface area (TPSA) is 17.8 Å². The summed E-state index contributed by atoms with van der Waals surface area (Å²) in [5.74, 6) is 0. The second kappa shape index (κ2) is 7.71. The summed E-state index contributed by atoms with van der Waals surface area (Å²) in [4.78, 5) is 0. The monoisotopic (exact) mass is 380 g/mol. The van der Waals surface area contributed by atoms with Crippen molar-refractivity contribution in [3.8, 4) is 22.5 Å². The van der Waals surface area contributed by atoms with Gasteiger partial charge >= 0.3 is 0 Å². The fourth-order valence-electron chi connectivity index (χ4n) is 3.66. The third-order valence-electron chi connectivity index (χ3n) is 5.97. The lowest BCUT2D eigenvalue weighted by Gasteiger charge is -2.11. The fraction of sp³-hybridized carbons (Fsp3) is 0.222. The van der Waals surface area contributed by atoms with Crippen LogP contribution in [-0.2, 0) is 6.54 Å². The van der Waals surface area contributed by atoms with E-state index < -0.39 is 0 Å². The second-order valence-corrected chi connectivity index (χ2v) is 8.10. The molecule has 146 valence electrons. The number of benzene rings is 3. The van der Waals surface area contributed by atoms with Crippen molar-refractivity contribution >= 4 is 0 Å². The Balaban J connectivity index is 1.84. The van der Waals surface area contributed by atoms with Crippen molar-refractivity contribution in [1.29, 1.82) is 0 Å². The molecule has 0 radical (unpaired) electrons. The molecule has 0 aliphatic rings. The lowest BCUT2D eigenvalue weighted by Crippen LogP contribution is -2.05. The van der Waals surface area contributed by atoms with Crippen molar-refractivity contribution in [2.45, 2.75) is 41.2 Å². The minimum absolute atomic E-state index is 0.764. The number of aryl methyl sites for hydroxylation is 5. The van der Waals surface area contributed by atoms with Crippen molar-refractivity contribution in [3.05, 3.63) is 100 Å². The molecule has 1 aromatic heterocycles. The van der Waals surface area contributed by atoms with Gasteiger partial charge in [0, 0.05) is 11.1 Å². The number of hydrogen-bond acceptors (Lipinski definition) is 1. The van der Waals surface area contributed by atoms with Crippen LogP contribution >= 0.6 is 0 Å². The number of rotatable bonds is 4. The smallest absolute Gasteiger partial charge is 0.0929 e. The van der Waals surface area contributed by atoms with Crippen LogP contribution in [0.25, 0.3) is 22.5 Å². The van der Waals surface area contributed by atoms with Crippen molar-refractivity contribution in [1.82, 2.24) is 9.78 Å². The fourth-order valence-corrected chi connectivity index (χ4v) is 3.66. The van der Waals surface area contributed by atoms with Crippen LogP contribution in [0.4, 0.5) is 0 Å². The molecule has 29 heavy (non-hydrogen) atoms. The van der Waals surface area contributed by atoms with Crippen LogP contribution in [-0.4, -0.2) is 9.78 Å². The van der Waals surface area contributed by atoms with E-state index in [9.17, 15) is 0 Å². The molecule has 0 spiro atoms. The normalized spacial score (nSPS) is 11.1. The molecule has 1 heterocycles. The summed E-state index contributed by atoms with van der Waals surface area (Å²) in [5.41, 5.74) is 12.4. The first kappa shape index (κ1) is 19.2. The van der Waals surface area contributed by atoms with Crippen molar-refractivity contribution < 1.29 is 0 Å². The molecular weight excluding hydrogens is 352 g/mol. The maximum Gasteiger partial charge on any atom is 0.0929 e. The summed E-state index contributed by atoms with van der Waals surface area (Å²) in [6.45, 7) is 11.6. The first-order valence-electron chi connectivity index (χ1n) is 10.2. The van der Waals surface area contributed by atoms with E-state index >= 15 is 0 Å². The largest absolute Gasteiger partial charge is 0.260 e. The SMILES string of the molecule is Cc1ccc(-c2cc(-c3ccc(C)c(C)c3)n(Cc3ccccc3C)n2)cc1C. The minimum Gasteiger partial charge on any atom is -0.260 e. The molecule has 2 nitrogen and oxygen atoms in total. The highest BCUT2D eigenvalue weighted by Gasteiger charge is 2.14. The summed E-state index contributed by atoms with van der Waals surface area (Å²) in [6, 6.07) is 24.0. The van der Waals surface area contributed by atoms with Gasteiger partial charge in [-0.15, -0.1) is 0 Å². The van der Waals surface area contributed by atoms with E-state index in [1.807, 2.05) is 0 Å². The Kier molecular flexibility index (Phi) is 5.10. The van der Waals surface area contributed by atoms with Gasteiger partial charge in [-0.2, -0.15) is 5.10 Å². The zero-order valence-corrected chi connectivity index (χ0v) is 18.0. The van der Waals surface area contributed by atoms with Gasteiger partial charge in [0.05, 0.1) is 17.9 Å². The van der Waals surface area contributed by atoms with E-state index in [2.05, 4.69) is 106 Å². The predicted octanol–water partition coefficient (Wildman–Crippen LogP) is 6.81. The first-order valence-corrected chi connectivity index (χ1v) is 10.2. The Hall–Kier alpha value is -3.13. The van der Waals surface area contributed by atoms with Crippen molar-refractivity contribution in [2.75, 3.05) is 0 Å². The van der Waals surface area contributed by atoms with E-state index in [1.54, 1.807) is 0 Å². The van der Waals surface area contributed by atoms with E-state index in [-0.39, 0.29) is 0 Å². The maximum absolute atomic E-state index is 5.03. The average molecular weight is 381 g/mol. The number of aromatic nitrogens is 2. The van der Waals surface area contributed by atoms with Gasteiger partial charge in [-0.3, -0.25) is 4.68 Å². The zero-order valence-electron chi connectivity index (χ0n) is 18.0. The molecular formula is C27H28N2. The minimum atomic E-state index is 0.764. The highest BCUT2D eigenvalue weighted by molar-refractivity contribution is 5.70. The van der Waals surface area contributed by atoms with Gasteiger partial charge in [-0.1, -0.05) is 48.5 Å². The molecule has 0 aliphatic carbocycles. The molecule has 0 saturated heterocycles. The zero-order chi connectivity index (χ0) is 20.5. The van der Waals surface area contributed by atoms with Crippen LogP contribution < -0.4 is 0 Å². The predicted molar refractivity (Wildman–Crippen MR) is 122 cm³/mol. The van der Waals surface area contributed by atoms with Gasteiger partial charge in [0.15, 0.2) is 0 Å². The highest BCUT2D eigenvalue weighted by Crippen LogP contribution is 2.29. The van der Waals surface area contributed by atoms with E-state index in [0.717, 1.165) is 17.9 Å². The molecule has 0 unspecified atom stereocenters. The molecule has 0 bridgehead atoms. The van der Waals surface area contributed by atoms with Crippen molar-refractivity contribution in [2.24, 2.45) is 0 Å². The van der Waals surface area contributed by atoms with Crippen LogP contribution in [0.2, 0.25) is 0 Å². The van der Waals surface area contributed by atoms with Gasteiger partial charge < -0.3 is 0 Å². The Morgan fingerprint density at radius 2 is 1.24 bits per heavy atom. The highest BCUT2D eigenvalue weighted by atomic mass is 15.3. The third-order valence-corrected chi connectivity index (χ3v) is 5.97. The van der Waals surface area contributed by atoms with Crippen molar-refractivity contribution in [3.63, 3.8) is 0 Å². The van der Waals surface area contributed by atoms with E-state index in [4.69, 9.17) is 5.10 Å². The number of hydrogen-bond donors (Lipinski definition) is 0. The lowest BCUT2D eigenvalue weighted by molar-refractivity contribution is 0.694. The van der Waals surface area contributed by atoms with Gasteiger partial charge in [-0.05, 0) is 86.2 Å². The third kappa shape index (κ3) is 3.88. The summed E-state index contributed by atoms with van der Waals surface area (Å²) in [7, 11) is 0. The summed E-state index contributed by atoms with van der Waals surface area (Å²) >= 11 is 0. The quantitative estimate of drug-likeness (QED) is 0.380. The standard InChI is InChI=1S/C27H28N2/c1-18-10-12-23(14-21(18)4)26-16-27(24-13-11-19(2)22(5)15-24)29(28-26)17-25-9-7-6-8-20(25)3/h6-16H,17H2,1-5H3. The Bertz CT molecular complexity index is 1180. The summed E-state index contributed by atoms with van der Waals surface area (Å²) in [6.07, 6.45) is 0. The van der Waals surface area contributed by atoms with Gasteiger partial charge in [0.1, 0.15) is 0 Å².